The number of aromatic nitrogens is 1. The summed E-state index contributed by atoms with van der Waals surface area (Å²) < 4.78 is 2.30. The van der Waals surface area contributed by atoms with Crippen molar-refractivity contribution in [1.82, 2.24) is 4.57 Å². The third-order valence-corrected chi connectivity index (χ3v) is 5.27. The zero-order valence-corrected chi connectivity index (χ0v) is 13.9. The Morgan fingerprint density at radius 3 is 2.50 bits per heavy atom. The molecule has 1 aliphatic heterocycles. The Bertz CT molecular complexity index is 624. The van der Waals surface area contributed by atoms with Crippen LogP contribution < -0.4 is 4.90 Å². The maximum absolute atomic E-state index is 10.6. The minimum Gasteiger partial charge on any atom is -0.385 e. The highest BCUT2D eigenvalue weighted by atomic mass is 16.3. The fourth-order valence-corrected chi connectivity index (χ4v) is 3.88. The van der Waals surface area contributed by atoms with Crippen molar-refractivity contribution < 1.29 is 10.0 Å². The zero-order valence-electron chi connectivity index (χ0n) is 13.9. The van der Waals surface area contributed by atoms with Gasteiger partial charge in [0.15, 0.2) is 0 Å². The monoisotopic (exact) mass is 301 g/mol. The van der Waals surface area contributed by atoms with Crippen molar-refractivity contribution >= 4 is 10.9 Å². The van der Waals surface area contributed by atoms with E-state index in [0.29, 0.717) is 6.54 Å². The predicted molar refractivity (Wildman–Crippen MR) is 91.5 cm³/mol. The number of nitrogens with one attached hydrogen (secondary N) is 1. The fourth-order valence-electron chi connectivity index (χ4n) is 3.88. The molecule has 3 nitrogen and oxygen atoms in total. The smallest absolute Gasteiger partial charge is 0.121 e. The van der Waals surface area contributed by atoms with Gasteiger partial charge < -0.3 is 14.6 Å². The number of fused-ring (bicyclic) bond motifs is 1. The van der Waals surface area contributed by atoms with Crippen molar-refractivity contribution in [3.05, 3.63) is 35.5 Å². The molecule has 0 spiro atoms. The molecule has 1 aromatic heterocycles. The number of nitrogens with zero attached hydrogens (tertiary/aromatic N) is 1. The molecule has 3 rings (SSSR count). The van der Waals surface area contributed by atoms with Gasteiger partial charge in [0.25, 0.3) is 0 Å². The summed E-state index contributed by atoms with van der Waals surface area (Å²) in [6, 6.07) is 8.53. The molecule has 1 fully saturated rings. The molecule has 0 radical (unpaired) electrons. The van der Waals surface area contributed by atoms with Crippen LogP contribution >= 0.6 is 0 Å². The summed E-state index contributed by atoms with van der Waals surface area (Å²) in [5, 5.41) is 11.9. The first-order valence-corrected chi connectivity index (χ1v) is 8.73. The standard InChI is InChI=1S/C19H28N2O/c1-15-16(2)21(19-10-6-5-9-18(15)19)14-17(22)13-20-11-7-3-4-8-12-20/h5-6,9-10,17,22H,3-4,7-8,11-14H2,1-2H3/p+1. The van der Waals surface area contributed by atoms with Crippen LogP contribution in [0.15, 0.2) is 24.3 Å². The second kappa shape index (κ2) is 6.84. The first-order valence-electron chi connectivity index (χ1n) is 8.73. The number of likely N-dealkylation sites (tertiary alicyclic amines) is 1. The summed E-state index contributed by atoms with van der Waals surface area (Å²) in [6.45, 7) is 8.39. The first kappa shape index (κ1) is 15.6. The average Bonchev–Trinajstić information content (AvgIpc) is 2.72. The molecule has 1 aliphatic rings. The van der Waals surface area contributed by atoms with E-state index >= 15 is 0 Å². The number of aliphatic hydroxyl groups excluding tert-OH is 1. The van der Waals surface area contributed by atoms with Crippen molar-refractivity contribution in [2.45, 2.75) is 52.2 Å². The van der Waals surface area contributed by atoms with E-state index in [1.165, 1.54) is 60.9 Å². The van der Waals surface area contributed by atoms with Gasteiger partial charge >= 0.3 is 0 Å². The Hall–Kier alpha value is -1.32. The van der Waals surface area contributed by atoms with E-state index in [2.05, 4.69) is 42.7 Å². The Kier molecular flexibility index (Phi) is 4.84. The highest BCUT2D eigenvalue weighted by molar-refractivity contribution is 5.85. The van der Waals surface area contributed by atoms with Crippen LogP contribution in [0.2, 0.25) is 0 Å². The minimum absolute atomic E-state index is 0.262. The Morgan fingerprint density at radius 1 is 1.09 bits per heavy atom. The van der Waals surface area contributed by atoms with E-state index in [1.54, 1.807) is 4.90 Å². The molecule has 0 aliphatic carbocycles. The first-order chi connectivity index (χ1) is 10.7. The maximum Gasteiger partial charge on any atom is 0.121 e. The van der Waals surface area contributed by atoms with Crippen LogP contribution in [-0.2, 0) is 6.54 Å². The molecule has 1 unspecified atom stereocenters. The van der Waals surface area contributed by atoms with Crippen LogP contribution in [0, 0.1) is 13.8 Å². The highest BCUT2D eigenvalue weighted by Crippen LogP contribution is 2.24. The number of hydrogen-bond donors (Lipinski definition) is 2. The van der Waals surface area contributed by atoms with Crippen LogP contribution in [0.4, 0.5) is 0 Å². The second-order valence-corrected chi connectivity index (χ2v) is 6.86. The molecule has 0 bridgehead atoms. The lowest BCUT2D eigenvalue weighted by molar-refractivity contribution is -0.902. The Morgan fingerprint density at radius 2 is 1.77 bits per heavy atom. The van der Waals surface area contributed by atoms with Crippen LogP contribution in [0.25, 0.3) is 10.9 Å². The number of hydrogen-bond acceptors (Lipinski definition) is 1. The van der Waals surface area contributed by atoms with E-state index in [4.69, 9.17) is 0 Å². The van der Waals surface area contributed by atoms with E-state index in [9.17, 15) is 5.11 Å². The number of aryl methyl sites for hydroxylation is 1. The van der Waals surface area contributed by atoms with Gasteiger partial charge in [0.05, 0.1) is 19.6 Å². The summed E-state index contributed by atoms with van der Waals surface area (Å²) in [5.41, 5.74) is 3.87. The lowest BCUT2D eigenvalue weighted by Gasteiger charge is -2.21. The van der Waals surface area contributed by atoms with Crippen LogP contribution in [0.1, 0.15) is 36.9 Å². The predicted octanol–water partition coefficient (Wildman–Crippen LogP) is 2.08. The molecule has 0 saturated carbocycles. The van der Waals surface area contributed by atoms with Gasteiger partial charge in [-0.05, 0) is 51.2 Å². The Balaban J connectivity index is 1.73. The molecule has 1 aromatic carbocycles. The largest absolute Gasteiger partial charge is 0.385 e. The van der Waals surface area contributed by atoms with Gasteiger partial charge in [0, 0.05) is 16.6 Å². The third-order valence-electron chi connectivity index (χ3n) is 5.27. The molecule has 2 N–H and O–H groups in total. The van der Waals surface area contributed by atoms with Crippen molar-refractivity contribution in [2.75, 3.05) is 19.6 Å². The molecule has 0 amide bonds. The fraction of sp³-hybridized carbons (Fsp3) is 0.579. The van der Waals surface area contributed by atoms with Gasteiger partial charge in [0.1, 0.15) is 12.6 Å². The molecule has 1 atom stereocenters. The summed E-state index contributed by atoms with van der Waals surface area (Å²) in [5.74, 6) is 0. The van der Waals surface area contributed by atoms with Crippen molar-refractivity contribution in [3.8, 4) is 0 Å². The Labute approximate surface area is 133 Å². The quantitative estimate of drug-likeness (QED) is 0.890. The van der Waals surface area contributed by atoms with E-state index in [1.807, 2.05) is 0 Å². The summed E-state index contributed by atoms with van der Waals surface area (Å²) >= 11 is 0. The van der Waals surface area contributed by atoms with Gasteiger partial charge in [-0.15, -0.1) is 0 Å². The molecule has 1 saturated heterocycles. The minimum atomic E-state index is -0.262. The van der Waals surface area contributed by atoms with E-state index < -0.39 is 0 Å². The maximum atomic E-state index is 10.6. The van der Waals surface area contributed by atoms with Gasteiger partial charge in [-0.1, -0.05) is 18.2 Å². The summed E-state index contributed by atoms with van der Waals surface area (Å²) in [6.07, 6.45) is 5.08. The molecular weight excluding hydrogens is 272 g/mol. The lowest BCUT2D eigenvalue weighted by Crippen LogP contribution is -3.13. The number of quaternary nitrogens is 1. The highest BCUT2D eigenvalue weighted by Gasteiger charge is 2.19. The molecule has 2 heterocycles. The normalized spacial score (nSPS) is 18.5. The lowest BCUT2D eigenvalue weighted by atomic mass is 10.2. The SMILES string of the molecule is Cc1c(C)n(CC(O)C[NH+]2CCCCCC2)c2ccccc12. The molecule has 22 heavy (non-hydrogen) atoms. The van der Waals surface area contributed by atoms with Gasteiger partial charge in [-0.3, -0.25) is 0 Å². The number of aliphatic hydroxyl groups is 1. The number of rotatable bonds is 4. The molecule has 2 aromatic rings. The van der Waals surface area contributed by atoms with E-state index in [0.717, 1.165) is 6.54 Å². The molecule has 120 valence electrons. The second-order valence-electron chi connectivity index (χ2n) is 6.86. The number of para-hydroxylation sites is 1. The topological polar surface area (TPSA) is 29.6 Å². The van der Waals surface area contributed by atoms with Gasteiger partial charge in [-0.25, -0.2) is 0 Å². The molecule has 3 heteroatoms. The summed E-state index contributed by atoms with van der Waals surface area (Å²) in [7, 11) is 0. The third kappa shape index (κ3) is 3.21. The zero-order chi connectivity index (χ0) is 15.5. The van der Waals surface area contributed by atoms with E-state index in [-0.39, 0.29) is 6.10 Å². The average molecular weight is 301 g/mol. The van der Waals surface area contributed by atoms with Crippen molar-refractivity contribution in [1.29, 1.82) is 0 Å². The van der Waals surface area contributed by atoms with Crippen LogP contribution in [0.3, 0.4) is 0 Å². The van der Waals surface area contributed by atoms with Crippen LogP contribution in [-0.4, -0.2) is 35.4 Å². The van der Waals surface area contributed by atoms with Crippen molar-refractivity contribution in [3.63, 3.8) is 0 Å². The van der Waals surface area contributed by atoms with Crippen LogP contribution in [0.5, 0.6) is 0 Å². The van der Waals surface area contributed by atoms with Gasteiger partial charge in [-0.2, -0.15) is 0 Å². The van der Waals surface area contributed by atoms with Crippen molar-refractivity contribution in [2.24, 2.45) is 0 Å². The summed E-state index contributed by atoms with van der Waals surface area (Å²) in [4.78, 5) is 1.58. The van der Waals surface area contributed by atoms with Gasteiger partial charge in [0.2, 0.25) is 0 Å². The molecular formula is C19H29N2O+. The number of benzene rings is 1.